The highest BCUT2D eigenvalue weighted by molar-refractivity contribution is 5.84. The molecule has 6 nitrogen and oxygen atoms in total. The summed E-state index contributed by atoms with van der Waals surface area (Å²) in [5.41, 5.74) is -0.837. The minimum absolute atomic E-state index is 0.0334. The van der Waals surface area contributed by atoms with Crippen LogP contribution in [0.2, 0.25) is 0 Å². The summed E-state index contributed by atoms with van der Waals surface area (Å²) in [5.74, 6) is 0.924. The Balaban J connectivity index is 1.20. The van der Waals surface area contributed by atoms with E-state index in [1.165, 1.54) is 45.4 Å². The summed E-state index contributed by atoms with van der Waals surface area (Å²) in [6.07, 6.45) is 13.9. The molecular weight excluding hydrogens is 480 g/mol. The van der Waals surface area contributed by atoms with Crippen LogP contribution in [0.15, 0.2) is 12.2 Å². The molecule has 0 aromatic heterocycles. The van der Waals surface area contributed by atoms with Gasteiger partial charge in [-0.3, -0.25) is 4.79 Å². The van der Waals surface area contributed by atoms with E-state index in [2.05, 4.69) is 33.8 Å². The molecule has 0 aromatic carbocycles. The van der Waals surface area contributed by atoms with Crippen LogP contribution in [0.25, 0.3) is 0 Å². The van der Waals surface area contributed by atoms with E-state index >= 15 is 0 Å². The number of cyclic esters (lactones) is 1. The summed E-state index contributed by atoms with van der Waals surface area (Å²) in [7, 11) is 0. The van der Waals surface area contributed by atoms with Gasteiger partial charge in [-0.25, -0.2) is 9.59 Å². The van der Waals surface area contributed by atoms with Crippen LogP contribution < -0.4 is 0 Å². The summed E-state index contributed by atoms with van der Waals surface area (Å²) in [5, 5.41) is 0. The summed E-state index contributed by atoms with van der Waals surface area (Å²) in [6.45, 7) is 12.5. The Morgan fingerprint density at radius 2 is 1.68 bits per heavy atom. The molecule has 6 heteroatoms. The zero-order valence-electron chi connectivity index (χ0n) is 23.9. The molecule has 7 rings (SSSR count). The van der Waals surface area contributed by atoms with Gasteiger partial charge in [0.2, 0.25) is 5.60 Å². The van der Waals surface area contributed by atoms with Crippen LogP contribution in [0.4, 0.5) is 0 Å². The number of carbonyl (C=O) groups excluding carboxylic acids is 3. The third-order valence-electron chi connectivity index (χ3n) is 14.0. The molecule has 208 valence electrons. The largest absolute Gasteiger partial charge is 0.459 e. The van der Waals surface area contributed by atoms with Crippen molar-refractivity contribution in [2.45, 2.75) is 117 Å². The number of allylic oxidation sites excluding steroid dienone is 1. The van der Waals surface area contributed by atoms with Crippen molar-refractivity contribution in [2.75, 3.05) is 0 Å². The lowest BCUT2D eigenvalue weighted by atomic mass is 9.43. The molecule has 2 spiro atoms. The summed E-state index contributed by atoms with van der Waals surface area (Å²) in [4.78, 5) is 37.4. The minimum atomic E-state index is -1.16. The van der Waals surface area contributed by atoms with E-state index in [-0.39, 0.29) is 45.6 Å². The van der Waals surface area contributed by atoms with Crippen LogP contribution in [0.5, 0.6) is 0 Å². The third-order valence-corrected chi connectivity index (χ3v) is 14.0. The fraction of sp³-hybridized carbons (Fsp3) is 0.844. The average Bonchev–Trinajstić information content (AvgIpc) is 3.26. The Bertz CT molecular complexity index is 1160. The van der Waals surface area contributed by atoms with E-state index in [4.69, 9.17) is 14.2 Å². The molecule has 2 heterocycles. The van der Waals surface area contributed by atoms with Gasteiger partial charge in [-0.15, -0.1) is 0 Å². The standard InChI is InChI=1S/C32H44O6/c1-18(33)37-30(6)19-15-20(22(16-19)36-26(30)35)21-9-11-29(5)24-8-7-23-27(2,3)38-25(34)10-12-31(23)17-32(24,31)14-13-28(21,29)4/h10,12,19-24H,7-9,11,13-17H2,1-6H3/t19-,20+,21-,22-,23+,24+,28-,29+,30-,31-,32+/m1/s1. The van der Waals surface area contributed by atoms with Crippen molar-refractivity contribution in [1.82, 2.24) is 0 Å². The van der Waals surface area contributed by atoms with E-state index in [0.29, 0.717) is 23.7 Å². The Kier molecular flexibility index (Phi) is 4.80. The van der Waals surface area contributed by atoms with E-state index in [9.17, 15) is 14.4 Å². The first-order chi connectivity index (χ1) is 17.7. The van der Waals surface area contributed by atoms with Gasteiger partial charge in [-0.05, 0) is 113 Å². The van der Waals surface area contributed by atoms with Crippen molar-refractivity contribution in [2.24, 2.45) is 51.2 Å². The minimum Gasteiger partial charge on any atom is -0.459 e. The molecule has 1 saturated heterocycles. The SMILES string of the molecule is CC(=O)O[C@@]1(C)C(=O)O[C@@H]2C[C@H]1C[C@H]2[C@H]1CC[C@@]2(C)[C@@H]3CC[C@H]4C(C)(C)OC(=O)C=C[C@@]45C[C@@]35CC[C@]12C. The van der Waals surface area contributed by atoms with Gasteiger partial charge < -0.3 is 14.2 Å². The van der Waals surface area contributed by atoms with Crippen molar-refractivity contribution in [3.63, 3.8) is 0 Å². The Labute approximate surface area is 226 Å². The highest BCUT2D eigenvalue weighted by Crippen LogP contribution is 2.87. The second-order valence-electron chi connectivity index (χ2n) is 15.4. The highest BCUT2D eigenvalue weighted by Gasteiger charge is 2.81. The Hall–Kier alpha value is -1.85. The Morgan fingerprint density at radius 1 is 0.947 bits per heavy atom. The third kappa shape index (κ3) is 2.78. The van der Waals surface area contributed by atoms with Crippen LogP contribution in [0, 0.1) is 51.2 Å². The predicted octanol–water partition coefficient (Wildman–Crippen LogP) is 5.77. The van der Waals surface area contributed by atoms with Gasteiger partial charge in [0.15, 0.2) is 0 Å². The van der Waals surface area contributed by atoms with Gasteiger partial charge in [0.05, 0.1) is 0 Å². The number of ether oxygens (including phenoxy) is 3. The molecule has 7 aliphatic rings. The first-order valence-electron chi connectivity index (χ1n) is 15.1. The van der Waals surface area contributed by atoms with Crippen molar-refractivity contribution in [3.05, 3.63) is 12.2 Å². The van der Waals surface area contributed by atoms with Gasteiger partial charge in [0.1, 0.15) is 11.7 Å². The zero-order chi connectivity index (χ0) is 27.1. The Morgan fingerprint density at radius 3 is 2.42 bits per heavy atom. The molecular formula is C32H44O6. The molecule has 0 radical (unpaired) electrons. The molecule has 6 fully saturated rings. The van der Waals surface area contributed by atoms with Crippen molar-refractivity contribution >= 4 is 17.9 Å². The fourth-order valence-electron chi connectivity index (χ4n) is 12.2. The molecule has 0 N–H and O–H groups in total. The molecule has 0 aromatic rings. The van der Waals surface area contributed by atoms with Crippen LogP contribution in [-0.2, 0) is 28.6 Å². The van der Waals surface area contributed by atoms with Crippen LogP contribution in [-0.4, -0.2) is 35.2 Å². The molecule has 0 unspecified atom stereocenters. The van der Waals surface area contributed by atoms with Crippen molar-refractivity contribution in [1.29, 1.82) is 0 Å². The van der Waals surface area contributed by atoms with Crippen molar-refractivity contribution in [3.8, 4) is 0 Å². The molecule has 0 amide bonds. The molecule has 5 aliphatic carbocycles. The molecule has 2 bridgehead atoms. The van der Waals surface area contributed by atoms with Gasteiger partial charge in [-0.2, -0.15) is 0 Å². The van der Waals surface area contributed by atoms with E-state index in [1.807, 2.05) is 0 Å². The van der Waals surface area contributed by atoms with Crippen LogP contribution in [0.3, 0.4) is 0 Å². The number of esters is 3. The zero-order valence-corrected chi connectivity index (χ0v) is 23.9. The maximum Gasteiger partial charge on any atom is 0.350 e. The second kappa shape index (κ2) is 7.26. The maximum absolute atomic E-state index is 13.0. The molecule has 11 atom stereocenters. The van der Waals surface area contributed by atoms with Crippen molar-refractivity contribution < 1.29 is 28.6 Å². The van der Waals surface area contributed by atoms with Crippen LogP contribution >= 0.6 is 0 Å². The predicted molar refractivity (Wildman–Crippen MR) is 139 cm³/mol. The highest BCUT2D eigenvalue weighted by atomic mass is 16.6. The fourth-order valence-corrected chi connectivity index (χ4v) is 12.2. The normalized spacial score (nSPS) is 55.4. The lowest BCUT2D eigenvalue weighted by Gasteiger charge is -2.61. The number of rotatable bonds is 2. The number of fused-ring (bicyclic) bond motifs is 4. The van der Waals surface area contributed by atoms with E-state index in [1.54, 1.807) is 13.0 Å². The second-order valence-corrected chi connectivity index (χ2v) is 15.4. The average molecular weight is 525 g/mol. The lowest BCUT2D eigenvalue weighted by molar-refractivity contribution is -0.198. The van der Waals surface area contributed by atoms with Gasteiger partial charge in [0, 0.05) is 30.3 Å². The first-order valence-corrected chi connectivity index (χ1v) is 15.1. The van der Waals surface area contributed by atoms with E-state index in [0.717, 1.165) is 19.3 Å². The summed E-state index contributed by atoms with van der Waals surface area (Å²) in [6, 6.07) is 0. The van der Waals surface area contributed by atoms with Gasteiger partial charge in [0.25, 0.3) is 0 Å². The number of hydrogen-bond donors (Lipinski definition) is 0. The lowest BCUT2D eigenvalue weighted by Crippen LogP contribution is -2.56. The van der Waals surface area contributed by atoms with Gasteiger partial charge in [-0.1, -0.05) is 19.9 Å². The topological polar surface area (TPSA) is 78.9 Å². The first kappa shape index (κ1) is 25.1. The maximum atomic E-state index is 13.0. The van der Waals surface area contributed by atoms with E-state index < -0.39 is 17.2 Å². The summed E-state index contributed by atoms with van der Waals surface area (Å²) >= 11 is 0. The molecule has 5 saturated carbocycles. The number of hydrogen-bond acceptors (Lipinski definition) is 6. The molecule has 2 aliphatic heterocycles. The smallest absolute Gasteiger partial charge is 0.350 e. The monoisotopic (exact) mass is 524 g/mol. The number of carbonyl (C=O) groups is 3. The summed E-state index contributed by atoms with van der Waals surface area (Å²) < 4.78 is 17.6. The molecule has 38 heavy (non-hydrogen) atoms. The van der Waals surface area contributed by atoms with Crippen LogP contribution in [0.1, 0.15) is 99.3 Å². The quantitative estimate of drug-likeness (QED) is 0.337. The van der Waals surface area contributed by atoms with Gasteiger partial charge >= 0.3 is 17.9 Å².